The molecule has 0 saturated heterocycles. The largest absolute Gasteiger partial charge is 0.399 e. The van der Waals surface area contributed by atoms with E-state index in [2.05, 4.69) is 15.9 Å². The van der Waals surface area contributed by atoms with Crippen LogP contribution in [-0.2, 0) is 10.0 Å². The molecule has 0 saturated carbocycles. The van der Waals surface area contributed by atoms with E-state index in [0.29, 0.717) is 5.56 Å². The first-order valence-corrected chi connectivity index (χ1v) is 8.01. The van der Waals surface area contributed by atoms with Crippen molar-refractivity contribution in [2.45, 2.75) is 11.8 Å². The summed E-state index contributed by atoms with van der Waals surface area (Å²) < 4.78 is 53.4. The molecule has 0 amide bonds. The molecule has 0 spiro atoms. The van der Waals surface area contributed by atoms with Crippen LogP contribution < -0.4 is 10.5 Å². The van der Waals surface area contributed by atoms with Crippen LogP contribution in [0, 0.1) is 18.6 Å². The topological polar surface area (TPSA) is 72.2 Å². The van der Waals surface area contributed by atoms with E-state index in [-0.39, 0.29) is 15.1 Å². The van der Waals surface area contributed by atoms with E-state index in [1.165, 1.54) is 12.1 Å². The molecular weight excluding hydrogens is 366 g/mol. The Morgan fingerprint density at radius 3 is 2.38 bits per heavy atom. The lowest BCUT2D eigenvalue weighted by Gasteiger charge is -2.11. The Bertz CT molecular complexity index is 790. The van der Waals surface area contributed by atoms with Crippen molar-refractivity contribution in [1.29, 1.82) is 0 Å². The number of nitrogen functional groups attached to an aromatic ring is 1. The van der Waals surface area contributed by atoms with Crippen LogP contribution in [0.1, 0.15) is 5.56 Å². The number of nitrogens with one attached hydrogen (secondary N) is 1. The Balaban J connectivity index is 2.44. The Hall–Kier alpha value is -1.67. The van der Waals surface area contributed by atoms with Crippen LogP contribution in [0.5, 0.6) is 0 Å². The first-order valence-electron chi connectivity index (χ1n) is 5.73. The molecule has 2 aromatic carbocycles. The second kappa shape index (κ2) is 5.61. The average molecular weight is 377 g/mol. The molecule has 0 fully saturated rings. The third-order valence-electron chi connectivity index (χ3n) is 2.64. The summed E-state index contributed by atoms with van der Waals surface area (Å²) in [4.78, 5) is -0.122. The minimum absolute atomic E-state index is 0.0947. The van der Waals surface area contributed by atoms with E-state index in [1.54, 1.807) is 13.0 Å². The molecule has 0 aliphatic rings. The zero-order valence-corrected chi connectivity index (χ0v) is 13.2. The van der Waals surface area contributed by atoms with E-state index in [4.69, 9.17) is 5.73 Å². The standard InChI is InChI=1S/C13H11BrF2N2O2S/c1-7-2-8(17)4-9(3-7)21(19,20)18-13-6-11(15)10(14)5-12(13)16/h2-6,18H,17H2,1H3. The summed E-state index contributed by atoms with van der Waals surface area (Å²) >= 11 is 2.82. The number of hydrogen-bond acceptors (Lipinski definition) is 3. The molecule has 0 aliphatic carbocycles. The third kappa shape index (κ3) is 3.51. The van der Waals surface area contributed by atoms with Crippen molar-refractivity contribution in [3.63, 3.8) is 0 Å². The van der Waals surface area contributed by atoms with Gasteiger partial charge < -0.3 is 5.73 Å². The lowest BCUT2D eigenvalue weighted by molar-refractivity contribution is 0.591. The zero-order valence-electron chi connectivity index (χ0n) is 10.8. The van der Waals surface area contributed by atoms with Crippen LogP contribution >= 0.6 is 15.9 Å². The molecule has 21 heavy (non-hydrogen) atoms. The maximum Gasteiger partial charge on any atom is 0.262 e. The molecule has 112 valence electrons. The Morgan fingerprint density at radius 2 is 1.76 bits per heavy atom. The molecule has 0 unspecified atom stereocenters. The van der Waals surface area contributed by atoms with Gasteiger partial charge in [0, 0.05) is 11.8 Å². The van der Waals surface area contributed by atoms with Crippen molar-refractivity contribution < 1.29 is 17.2 Å². The second-order valence-electron chi connectivity index (χ2n) is 4.43. The van der Waals surface area contributed by atoms with Gasteiger partial charge in [-0.15, -0.1) is 0 Å². The number of anilines is 2. The fraction of sp³-hybridized carbons (Fsp3) is 0.0769. The van der Waals surface area contributed by atoms with Crippen LogP contribution in [0.15, 0.2) is 39.7 Å². The fourth-order valence-corrected chi connectivity index (χ4v) is 3.25. The number of sulfonamides is 1. The zero-order chi connectivity index (χ0) is 15.8. The third-order valence-corrected chi connectivity index (χ3v) is 4.59. The van der Waals surface area contributed by atoms with Crippen LogP contribution in [0.2, 0.25) is 0 Å². The lowest BCUT2D eigenvalue weighted by Crippen LogP contribution is -2.14. The van der Waals surface area contributed by atoms with Gasteiger partial charge in [-0.1, -0.05) is 0 Å². The van der Waals surface area contributed by atoms with Crippen LogP contribution in [0.4, 0.5) is 20.2 Å². The predicted molar refractivity (Wildman–Crippen MR) is 80.5 cm³/mol. The number of benzene rings is 2. The van der Waals surface area contributed by atoms with E-state index < -0.39 is 27.3 Å². The molecule has 0 atom stereocenters. The maximum absolute atomic E-state index is 13.7. The van der Waals surface area contributed by atoms with Crippen molar-refractivity contribution in [1.82, 2.24) is 0 Å². The molecule has 0 bridgehead atoms. The quantitative estimate of drug-likeness (QED) is 0.636. The number of hydrogen-bond donors (Lipinski definition) is 2. The van der Waals surface area contributed by atoms with E-state index in [9.17, 15) is 17.2 Å². The molecule has 0 heterocycles. The van der Waals surface area contributed by atoms with Gasteiger partial charge in [0.2, 0.25) is 0 Å². The van der Waals surface area contributed by atoms with Gasteiger partial charge in [-0.3, -0.25) is 4.72 Å². The highest BCUT2D eigenvalue weighted by molar-refractivity contribution is 9.10. The van der Waals surface area contributed by atoms with Gasteiger partial charge in [0.15, 0.2) is 0 Å². The van der Waals surface area contributed by atoms with Gasteiger partial charge >= 0.3 is 0 Å². The van der Waals surface area contributed by atoms with Crippen molar-refractivity contribution in [3.05, 3.63) is 52.0 Å². The summed E-state index contributed by atoms with van der Waals surface area (Å²) in [7, 11) is -4.06. The van der Waals surface area contributed by atoms with Gasteiger partial charge in [0.1, 0.15) is 11.6 Å². The van der Waals surface area contributed by atoms with Crippen LogP contribution in [0.3, 0.4) is 0 Å². The molecule has 2 aromatic rings. The molecule has 2 rings (SSSR count). The lowest BCUT2D eigenvalue weighted by atomic mass is 10.2. The molecular formula is C13H11BrF2N2O2S. The van der Waals surface area contributed by atoms with Crippen molar-refractivity contribution in [2.75, 3.05) is 10.5 Å². The second-order valence-corrected chi connectivity index (χ2v) is 6.97. The van der Waals surface area contributed by atoms with Gasteiger partial charge in [-0.2, -0.15) is 0 Å². The fourth-order valence-electron chi connectivity index (χ4n) is 1.74. The highest BCUT2D eigenvalue weighted by atomic mass is 79.9. The van der Waals surface area contributed by atoms with Crippen molar-refractivity contribution in [3.8, 4) is 0 Å². The highest BCUT2D eigenvalue weighted by Gasteiger charge is 2.18. The Labute approximate surface area is 129 Å². The van der Waals surface area contributed by atoms with E-state index >= 15 is 0 Å². The molecule has 0 radical (unpaired) electrons. The number of nitrogens with two attached hydrogens (primary N) is 1. The summed E-state index contributed by atoms with van der Waals surface area (Å²) in [5, 5.41) is 0. The molecule has 0 aliphatic heterocycles. The Morgan fingerprint density at radius 1 is 1.10 bits per heavy atom. The normalized spacial score (nSPS) is 11.4. The van der Waals surface area contributed by atoms with E-state index in [0.717, 1.165) is 12.1 Å². The smallest absolute Gasteiger partial charge is 0.262 e. The van der Waals surface area contributed by atoms with Gasteiger partial charge in [-0.25, -0.2) is 17.2 Å². The van der Waals surface area contributed by atoms with Crippen LogP contribution in [0.25, 0.3) is 0 Å². The first kappa shape index (κ1) is 15.7. The van der Waals surface area contributed by atoms with Gasteiger partial charge in [0.05, 0.1) is 15.1 Å². The Kier molecular flexibility index (Phi) is 4.20. The highest BCUT2D eigenvalue weighted by Crippen LogP contribution is 2.26. The van der Waals surface area contributed by atoms with E-state index in [1.807, 2.05) is 4.72 Å². The summed E-state index contributed by atoms with van der Waals surface area (Å²) in [5.41, 5.74) is 6.01. The number of rotatable bonds is 3. The summed E-state index contributed by atoms with van der Waals surface area (Å²) in [6, 6.07) is 5.82. The number of aryl methyl sites for hydroxylation is 1. The summed E-state index contributed by atoms with van der Waals surface area (Å²) in [6.45, 7) is 1.68. The van der Waals surface area contributed by atoms with Gasteiger partial charge in [0.25, 0.3) is 10.0 Å². The average Bonchev–Trinajstić information content (AvgIpc) is 2.34. The summed E-state index contributed by atoms with van der Waals surface area (Å²) in [5.74, 6) is -1.68. The van der Waals surface area contributed by atoms with Crippen LogP contribution in [-0.4, -0.2) is 8.42 Å². The minimum Gasteiger partial charge on any atom is -0.399 e. The first-order chi connectivity index (χ1) is 9.69. The van der Waals surface area contributed by atoms with Crippen molar-refractivity contribution in [2.24, 2.45) is 0 Å². The molecule has 8 heteroatoms. The predicted octanol–water partition coefficient (Wildman–Crippen LogP) is 3.42. The molecule has 4 nitrogen and oxygen atoms in total. The maximum atomic E-state index is 13.7. The molecule has 3 N–H and O–H groups in total. The molecule has 0 aromatic heterocycles. The minimum atomic E-state index is -4.06. The van der Waals surface area contributed by atoms with Gasteiger partial charge in [-0.05, 0) is 52.7 Å². The number of halogens is 3. The van der Waals surface area contributed by atoms with Crippen molar-refractivity contribution >= 4 is 37.3 Å². The summed E-state index contributed by atoms with van der Waals surface area (Å²) in [6.07, 6.45) is 0. The monoisotopic (exact) mass is 376 g/mol. The SMILES string of the molecule is Cc1cc(N)cc(S(=O)(=O)Nc2cc(F)c(Br)cc2F)c1.